The first-order chi connectivity index (χ1) is 10.2. The number of hydrogen-bond acceptors (Lipinski definition) is 4. The normalized spacial score (nSPS) is 10.0. The minimum absolute atomic E-state index is 0.0838. The van der Waals surface area contributed by atoms with Gasteiger partial charge in [-0.2, -0.15) is 0 Å². The molecule has 0 unspecified atom stereocenters. The average Bonchev–Trinajstić information content (AvgIpc) is 2.91. The van der Waals surface area contributed by atoms with Crippen LogP contribution in [0, 0.1) is 11.8 Å². The third kappa shape index (κ3) is 4.28. The van der Waals surface area contributed by atoms with Gasteiger partial charge in [0.25, 0.3) is 0 Å². The summed E-state index contributed by atoms with van der Waals surface area (Å²) in [6.45, 7) is 0.0838. The lowest BCUT2D eigenvalue weighted by atomic mass is 10.1. The number of thioether (sulfide) groups is 1. The molecule has 0 atom stereocenters. The van der Waals surface area contributed by atoms with E-state index in [-0.39, 0.29) is 6.61 Å². The number of benzene rings is 1. The van der Waals surface area contributed by atoms with Crippen molar-refractivity contribution in [3.63, 3.8) is 0 Å². The van der Waals surface area contributed by atoms with E-state index in [0.29, 0.717) is 6.42 Å². The molecule has 21 heavy (non-hydrogen) atoms. The Morgan fingerprint density at radius 2 is 2.29 bits per heavy atom. The largest absolute Gasteiger partial charge is 0.497 e. The summed E-state index contributed by atoms with van der Waals surface area (Å²) in [6, 6.07) is 5.86. The van der Waals surface area contributed by atoms with E-state index in [1.54, 1.807) is 25.1 Å². The van der Waals surface area contributed by atoms with Gasteiger partial charge in [-0.05, 0) is 23.8 Å². The molecule has 0 aliphatic rings. The fourth-order valence-corrected chi connectivity index (χ4v) is 2.71. The molecule has 0 aliphatic heterocycles. The second-order valence-corrected chi connectivity index (χ2v) is 5.35. The highest BCUT2D eigenvalue weighted by atomic mass is 32.2. The topological polar surface area (TPSA) is 47.3 Å². The van der Waals surface area contributed by atoms with Crippen molar-refractivity contribution in [3.05, 3.63) is 41.7 Å². The summed E-state index contributed by atoms with van der Waals surface area (Å²) in [6.07, 6.45) is 4.20. The molecule has 0 bridgehead atoms. The van der Waals surface area contributed by atoms with Gasteiger partial charge in [0.05, 0.1) is 13.7 Å². The van der Waals surface area contributed by atoms with E-state index in [2.05, 4.69) is 16.8 Å². The van der Waals surface area contributed by atoms with Crippen molar-refractivity contribution in [3.8, 4) is 17.6 Å². The Morgan fingerprint density at radius 1 is 1.43 bits per heavy atom. The second-order valence-electron chi connectivity index (χ2n) is 4.41. The molecule has 0 fully saturated rings. The summed E-state index contributed by atoms with van der Waals surface area (Å²) in [5.74, 6) is 7.65. The Hall–Kier alpha value is -1.90. The van der Waals surface area contributed by atoms with E-state index in [1.807, 2.05) is 36.0 Å². The molecule has 2 aromatic rings. The molecule has 1 aromatic heterocycles. The summed E-state index contributed by atoms with van der Waals surface area (Å²) in [4.78, 5) is 4.30. The Kier molecular flexibility index (Phi) is 5.73. The SMILES string of the molecule is COc1ccc(C#CCCO)c(CSc2nccn2C)c1. The van der Waals surface area contributed by atoms with E-state index < -0.39 is 0 Å². The minimum Gasteiger partial charge on any atom is -0.497 e. The fourth-order valence-electron chi connectivity index (χ4n) is 1.79. The van der Waals surface area contributed by atoms with Gasteiger partial charge in [0.15, 0.2) is 5.16 Å². The lowest BCUT2D eigenvalue weighted by Gasteiger charge is -2.07. The van der Waals surface area contributed by atoms with Crippen LogP contribution in [0.25, 0.3) is 0 Å². The van der Waals surface area contributed by atoms with Crippen LogP contribution in [-0.4, -0.2) is 28.4 Å². The van der Waals surface area contributed by atoms with Gasteiger partial charge in [0.1, 0.15) is 5.75 Å². The number of ether oxygens (including phenoxy) is 1. The maximum Gasteiger partial charge on any atom is 0.167 e. The molecule has 1 N–H and O–H groups in total. The van der Waals surface area contributed by atoms with Crippen LogP contribution in [0.15, 0.2) is 35.7 Å². The summed E-state index contributed by atoms with van der Waals surface area (Å²) in [5, 5.41) is 9.78. The van der Waals surface area contributed by atoms with Crippen molar-refractivity contribution >= 4 is 11.8 Å². The van der Waals surface area contributed by atoms with Gasteiger partial charge in [-0.1, -0.05) is 23.6 Å². The molecule has 0 saturated carbocycles. The molecule has 110 valence electrons. The van der Waals surface area contributed by atoms with Gasteiger partial charge >= 0.3 is 0 Å². The van der Waals surface area contributed by atoms with Crippen molar-refractivity contribution in [2.24, 2.45) is 7.05 Å². The Bertz CT molecular complexity index is 656. The summed E-state index contributed by atoms with van der Waals surface area (Å²) in [5.41, 5.74) is 2.07. The van der Waals surface area contributed by atoms with Crippen LogP contribution in [0.3, 0.4) is 0 Å². The molecule has 1 aromatic carbocycles. The van der Waals surface area contributed by atoms with Crippen LogP contribution in [0.2, 0.25) is 0 Å². The van der Waals surface area contributed by atoms with Crippen molar-refractivity contribution in [2.75, 3.05) is 13.7 Å². The third-order valence-corrected chi connectivity index (χ3v) is 4.01. The number of hydrogen-bond donors (Lipinski definition) is 1. The number of aliphatic hydroxyl groups is 1. The molecule has 0 spiro atoms. The molecule has 4 nitrogen and oxygen atoms in total. The summed E-state index contributed by atoms with van der Waals surface area (Å²) >= 11 is 1.66. The average molecular weight is 302 g/mol. The van der Waals surface area contributed by atoms with Crippen molar-refractivity contribution in [2.45, 2.75) is 17.3 Å². The van der Waals surface area contributed by atoms with E-state index in [0.717, 1.165) is 27.8 Å². The lowest BCUT2D eigenvalue weighted by molar-refractivity contribution is 0.305. The molecule has 5 heteroatoms. The Morgan fingerprint density at radius 3 is 2.95 bits per heavy atom. The number of rotatable bonds is 5. The van der Waals surface area contributed by atoms with Crippen LogP contribution < -0.4 is 4.74 Å². The predicted octanol–water partition coefficient (Wildman–Crippen LogP) is 2.45. The van der Waals surface area contributed by atoms with E-state index >= 15 is 0 Å². The number of aryl methyl sites for hydroxylation is 1. The van der Waals surface area contributed by atoms with Gasteiger partial charge in [-0.25, -0.2) is 4.98 Å². The highest BCUT2D eigenvalue weighted by Crippen LogP contribution is 2.25. The van der Waals surface area contributed by atoms with Crippen molar-refractivity contribution in [1.82, 2.24) is 9.55 Å². The zero-order chi connectivity index (χ0) is 15.1. The maximum absolute atomic E-state index is 8.82. The zero-order valence-corrected chi connectivity index (χ0v) is 13.0. The monoisotopic (exact) mass is 302 g/mol. The van der Waals surface area contributed by atoms with Crippen LogP contribution in [0.1, 0.15) is 17.5 Å². The molecule has 0 radical (unpaired) electrons. The molecular formula is C16H18N2O2S. The van der Waals surface area contributed by atoms with Crippen LogP contribution in [0.4, 0.5) is 0 Å². The standard InChI is InChI=1S/C16H18N2O2S/c1-18-9-8-17-16(18)21-12-14-11-15(20-2)7-6-13(14)5-3-4-10-19/h6-9,11,19H,4,10,12H2,1-2H3. The highest BCUT2D eigenvalue weighted by molar-refractivity contribution is 7.98. The molecule has 1 heterocycles. The number of aliphatic hydroxyl groups excluding tert-OH is 1. The third-order valence-electron chi connectivity index (χ3n) is 2.91. The van der Waals surface area contributed by atoms with Crippen LogP contribution in [0.5, 0.6) is 5.75 Å². The van der Waals surface area contributed by atoms with Crippen LogP contribution in [-0.2, 0) is 12.8 Å². The van der Waals surface area contributed by atoms with Crippen molar-refractivity contribution < 1.29 is 9.84 Å². The van der Waals surface area contributed by atoms with Gasteiger partial charge in [0.2, 0.25) is 0 Å². The van der Waals surface area contributed by atoms with E-state index in [9.17, 15) is 0 Å². The van der Waals surface area contributed by atoms with E-state index in [1.165, 1.54) is 0 Å². The number of aromatic nitrogens is 2. The molecule has 0 amide bonds. The summed E-state index contributed by atoms with van der Waals surface area (Å²) < 4.78 is 7.27. The van der Waals surface area contributed by atoms with Gasteiger partial charge in [-0.3, -0.25) is 0 Å². The predicted molar refractivity (Wildman–Crippen MR) is 84.3 cm³/mol. The smallest absolute Gasteiger partial charge is 0.167 e. The van der Waals surface area contributed by atoms with Gasteiger partial charge in [-0.15, -0.1) is 0 Å². The quantitative estimate of drug-likeness (QED) is 0.681. The van der Waals surface area contributed by atoms with Crippen LogP contribution >= 0.6 is 11.8 Å². The lowest BCUT2D eigenvalue weighted by Crippen LogP contribution is -1.94. The fraction of sp³-hybridized carbons (Fsp3) is 0.312. The van der Waals surface area contributed by atoms with Gasteiger partial charge < -0.3 is 14.4 Å². The Labute approximate surface area is 129 Å². The van der Waals surface area contributed by atoms with E-state index in [4.69, 9.17) is 9.84 Å². The first-order valence-corrected chi connectivity index (χ1v) is 7.60. The number of nitrogens with zero attached hydrogens (tertiary/aromatic N) is 2. The molecule has 2 rings (SSSR count). The molecular weight excluding hydrogens is 284 g/mol. The first kappa shape index (κ1) is 15.5. The first-order valence-electron chi connectivity index (χ1n) is 6.61. The highest BCUT2D eigenvalue weighted by Gasteiger charge is 2.06. The molecule has 0 aliphatic carbocycles. The van der Waals surface area contributed by atoms with Gasteiger partial charge in [0, 0.05) is 37.2 Å². The maximum atomic E-state index is 8.82. The number of imidazole rings is 1. The second kappa shape index (κ2) is 7.77. The van der Waals surface area contributed by atoms with Crippen molar-refractivity contribution in [1.29, 1.82) is 0 Å². The number of methoxy groups -OCH3 is 1. The molecule has 0 saturated heterocycles. The Balaban J connectivity index is 2.19. The minimum atomic E-state index is 0.0838. The zero-order valence-electron chi connectivity index (χ0n) is 12.2. The summed E-state index contributed by atoms with van der Waals surface area (Å²) in [7, 11) is 3.63.